The smallest absolute Gasteiger partial charge is 0.0278 e. The van der Waals surface area contributed by atoms with Crippen molar-refractivity contribution in [1.29, 1.82) is 0 Å². The molecule has 0 aliphatic carbocycles. The molecule has 0 amide bonds. The van der Waals surface area contributed by atoms with Crippen molar-refractivity contribution >= 4 is 0 Å². The Bertz CT molecular complexity index is 384. The van der Waals surface area contributed by atoms with Gasteiger partial charge in [-0.3, -0.25) is 4.90 Å². The Morgan fingerprint density at radius 1 is 1.26 bits per heavy atom. The summed E-state index contributed by atoms with van der Waals surface area (Å²) in [7, 11) is 0. The van der Waals surface area contributed by atoms with Gasteiger partial charge in [0.05, 0.1) is 0 Å². The Labute approximate surface area is 118 Å². The van der Waals surface area contributed by atoms with Crippen molar-refractivity contribution in [3.8, 4) is 0 Å². The summed E-state index contributed by atoms with van der Waals surface area (Å²) in [5.74, 6) is 0.731. The van der Waals surface area contributed by atoms with E-state index < -0.39 is 0 Å². The molecule has 1 N–H and O–H groups in total. The molecule has 1 aromatic rings. The van der Waals surface area contributed by atoms with Crippen LogP contribution in [0.4, 0.5) is 0 Å². The fraction of sp³-hybridized carbons (Fsp3) is 0.647. The van der Waals surface area contributed by atoms with Crippen LogP contribution in [0.1, 0.15) is 33.3 Å². The molecule has 2 heteroatoms. The molecule has 0 radical (unpaired) electrons. The number of rotatable bonds is 4. The van der Waals surface area contributed by atoms with Gasteiger partial charge in [0, 0.05) is 31.2 Å². The second kappa shape index (κ2) is 6.06. The highest BCUT2D eigenvalue weighted by Gasteiger charge is 2.33. The molecule has 0 aromatic heterocycles. The number of hydrogen-bond acceptors (Lipinski definition) is 2. The number of hydrogen-bond donors (Lipinski definition) is 1. The Hall–Kier alpha value is -0.860. The van der Waals surface area contributed by atoms with E-state index in [1.807, 2.05) is 0 Å². The molecule has 2 rings (SSSR count). The highest BCUT2D eigenvalue weighted by atomic mass is 15.3. The molecular weight excluding hydrogens is 232 g/mol. The van der Waals surface area contributed by atoms with Crippen molar-refractivity contribution in [3.63, 3.8) is 0 Å². The predicted octanol–water partition coefficient (Wildman–Crippen LogP) is 2.94. The van der Waals surface area contributed by atoms with Crippen LogP contribution in [0.5, 0.6) is 0 Å². The lowest BCUT2D eigenvalue weighted by Gasteiger charge is -2.47. The summed E-state index contributed by atoms with van der Waals surface area (Å²) in [6.07, 6.45) is 1.13. The first-order valence-electron chi connectivity index (χ1n) is 7.50. The van der Waals surface area contributed by atoms with Crippen LogP contribution < -0.4 is 5.32 Å². The van der Waals surface area contributed by atoms with Crippen LogP contribution >= 0.6 is 0 Å². The molecule has 1 fully saturated rings. The van der Waals surface area contributed by atoms with Crippen LogP contribution in [-0.4, -0.2) is 36.1 Å². The van der Waals surface area contributed by atoms with Gasteiger partial charge >= 0.3 is 0 Å². The van der Waals surface area contributed by atoms with Gasteiger partial charge in [0.1, 0.15) is 0 Å². The largest absolute Gasteiger partial charge is 0.311 e. The molecule has 0 spiro atoms. The normalized spacial score (nSPS) is 23.7. The Kier molecular flexibility index (Phi) is 4.64. The lowest BCUT2D eigenvalue weighted by atomic mass is 9.93. The molecule has 19 heavy (non-hydrogen) atoms. The van der Waals surface area contributed by atoms with Crippen molar-refractivity contribution in [2.45, 2.75) is 45.7 Å². The molecule has 1 aliphatic rings. The summed E-state index contributed by atoms with van der Waals surface area (Å²) in [5.41, 5.74) is 1.71. The summed E-state index contributed by atoms with van der Waals surface area (Å²) in [6, 6.07) is 11.4. The third kappa shape index (κ3) is 4.05. The molecule has 106 valence electrons. The van der Waals surface area contributed by atoms with Crippen molar-refractivity contribution in [2.24, 2.45) is 5.92 Å². The molecule has 0 bridgehead atoms. The van der Waals surface area contributed by atoms with Crippen molar-refractivity contribution in [3.05, 3.63) is 35.9 Å². The Morgan fingerprint density at radius 2 is 1.95 bits per heavy atom. The average molecular weight is 260 g/mol. The van der Waals surface area contributed by atoms with E-state index in [0.29, 0.717) is 6.04 Å². The quantitative estimate of drug-likeness (QED) is 0.895. The molecule has 1 aliphatic heterocycles. The Balaban J connectivity index is 1.98. The zero-order valence-electron chi connectivity index (χ0n) is 12.8. The number of nitrogens with one attached hydrogen (secondary N) is 1. The van der Waals surface area contributed by atoms with E-state index >= 15 is 0 Å². The van der Waals surface area contributed by atoms with Crippen molar-refractivity contribution < 1.29 is 0 Å². The van der Waals surface area contributed by atoms with Crippen LogP contribution in [0, 0.1) is 5.92 Å². The molecule has 1 aromatic carbocycles. The van der Waals surface area contributed by atoms with Crippen molar-refractivity contribution in [2.75, 3.05) is 19.6 Å². The van der Waals surface area contributed by atoms with Gasteiger partial charge in [-0.05, 0) is 31.7 Å². The standard InChI is InChI=1S/C17H28N2/c1-14(2)11-19-12-16(18-13-17(19,3)4)10-15-8-6-5-7-9-15/h5-9,14,16,18H,10-13H2,1-4H3. The first-order chi connectivity index (χ1) is 8.97. The van der Waals surface area contributed by atoms with Crippen LogP contribution in [-0.2, 0) is 6.42 Å². The second-order valence-electron chi connectivity index (χ2n) is 6.88. The van der Waals surface area contributed by atoms with Gasteiger partial charge in [0.2, 0.25) is 0 Å². The minimum absolute atomic E-state index is 0.275. The van der Waals surface area contributed by atoms with Gasteiger partial charge in [-0.2, -0.15) is 0 Å². The van der Waals surface area contributed by atoms with Crippen LogP contribution in [0.25, 0.3) is 0 Å². The molecule has 0 saturated carbocycles. The zero-order valence-corrected chi connectivity index (χ0v) is 12.8. The third-order valence-electron chi connectivity index (χ3n) is 4.03. The zero-order chi connectivity index (χ0) is 13.9. The van der Waals surface area contributed by atoms with E-state index in [-0.39, 0.29) is 5.54 Å². The highest BCUT2D eigenvalue weighted by molar-refractivity contribution is 5.16. The minimum atomic E-state index is 0.275. The fourth-order valence-electron chi connectivity index (χ4n) is 2.88. The van der Waals surface area contributed by atoms with Gasteiger partial charge < -0.3 is 5.32 Å². The van der Waals surface area contributed by atoms with E-state index in [2.05, 4.69) is 68.2 Å². The van der Waals surface area contributed by atoms with E-state index in [1.165, 1.54) is 12.1 Å². The van der Waals surface area contributed by atoms with Crippen LogP contribution in [0.15, 0.2) is 30.3 Å². The molecular formula is C17H28N2. The first-order valence-corrected chi connectivity index (χ1v) is 7.50. The van der Waals surface area contributed by atoms with Crippen molar-refractivity contribution in [1.82, 2.24) is 10.2 Å². The summed E-state index contributed by atoms with van der Waals surface area (Å²) in [5, 5.41) is 3.72. The summed E-state index contributed by atoms with van der Waals surface area (Å²) in [4.78, 5) is 2.65. The monoisotopic (exact) mass is 260 g/mol. The van der Waals surface area contributed by atoms with Gasteiger partial charge in [0.25, 0.3) is 0 Å². The predicted molar refractivity (Wildman–Crippen MR) is 82.4 cm³/mol. The number of piperazine rings is 1. The summed E-state index contributed by atoms with van der Waals surface area (Å²) < 4.78 is 0. The van der Waals surface area contributed by atoms with Gasteiger partial charge in [0.15, 0.2) is 0 Å². The average Bonchev–Trinajstić information content (AvgIpc) is 2.34. The van der Waals surface area contributed by atoms with E-state index in [0.717, 1.165) is 25.4 Å². The fourth-order valence-corrected chi connectivity index (χ4v) is 2.88. The minimum Gasteiger partial charge on any atom is -0.311 e. The SMILES string of the molecule is CC(C)CN1CC(Cc2ccccc2)NCC1(C)C. The lowest BCUT2D eigenvalue weighted by molar-refractivity contribution is 0.0551. The maximum Gasteiger partial charge on any atom is 0.0278 e. The van der Waals surface area contributed by atoms with Crippen LogP contribution in [0.2, 0.25) is 0 Å². The summed E-state index contributed by atoms with van der Waals surface area (Å²) in [6.45, 7) is 12.7. The van der Waals surface area contributed by atoms with E-state index in [4.69, 9.17) is 0 Å². The van der Waals surface area contributed by atoms with E-state index in [9.17, 15) is 0 Å². The van der Waals surface area contributed by atoms with Crippen LogP contribution in [0.3, 0.4) is 0 Å². The van der Waals surface area contributed by atoms with Gasteiger partial charge in [-0.25, -0.2) is 0 Å². The maximum atomic E-state index is 3.72. The topological polar surface area (TPSA) is 15.3 Å². The Morgan fingerprint density at radius 3 is 2.58 bits per heavy atom. The van der Waals surface area contributed by atoms with Gasteiger partial charge in [-0.1, -0.05) is 44.2 Å². The third-order valence-corrected chi connectivity index (χ3v) is 4.03. The first kappa shape index (κ1) is 14.5. The molecule has 1 atom stereocenters. The molecule has 1 heterocycles. The highest BCUT2D eigenvalue weighted by Crippen LogP contribution is 2.21. The summed E-state index contributed by atoms with van der Waals surface area (Å²) >= 11 is 0. The lowest BCUT2D eigenvalue weighted by Crippen LogP contribution is -2.63. The number of nitrogens with zero attached hydrogens (tertiary/aromatic N) is 1. The van der Waals surface area contributed by atoms with E-state index in [1.54, 1.807) is 0 Å². The molecule has 1 saturated heterocycles. The van der Waals surface area contributed by atoms with Gasteiger partial charge in [-0.15, -0.1) is 0 Å². The molecule has 2 nitrogen and oxygen atoms in total. The second-order valence-corrected chi connectivity index (χ2v) is 6.88. The molecule has 1 unspecified atom stereocenters. The maximum absolute atomic E-state index is 3.72. The number of benzene rings is 1.